The first-order valence-corrected chi connectivity index (χ1v) is 10.3. The number of hydrogen-bond acceptors (Lipinski definition) is 5. The van der Waals surface area contributed by atoms with Gasteiger partial charge in [-0.05, 0) is 31.9 Å². The lowest BCUT2D eigenvalue weighted by molar-refractivity contribution is -0.140. The van der Waals surface area contributed by atoms with Gasteiger partial charge in [0.05, 0.1) is 0 Å². The zero-order valence-corrected chi connectivity index (χ0v) is 15.0. The number of aliphatic carboxylic acids is 1. The molecule has 2 rings (SSSR count). The summed E-state index contributed by atoms with van der Waals surface area (Å²) in [5.41, 5.74) is 0. The molecular weight excluding hydrogens is 356 g/mol. The van der Waals surface area contributed by atoms with Crippen LogP contribution in [-0.2, 0) is 24.8 Å². The number of sulfonamides is 2. The van der Waals surface area contributed by atoms with Crippen LogP contribution in [0.5, 0.6) is 0 Å². The molecule has 0 aromatic heterocycles. The second kappa shape index (κ2) is 6.79. The summed E-state index contributed by atoms with van der Waals surface area (Å²) in [5, 5.41) is 9.03. The quantitative estimate of drug-likeness (QED) is 0.776. The van der Waals surface area contributed by atoms with Crippen LogP contribution in [0.25, 0.3) is 0 Å². The Balaban J connectivity index is 2.55. The Labute approximate surface area is 141 Å². The summed E-state index contributed by atoms with van der Waals surface area (Å²) in [5.74, 6) is -1.32. The van der Waals surface area contributed by atoms with Crippen molar-refractivity contribution in [1.82, 2.24) is 8.61 Å². The van der Waals surface area contributed by atoms with Crippen molar-refractivity contribution in [1.29, 1.82) is 0 Å². The Hall–Kier alpha value is -1.49. The number of rotatable bonds is 6. The van der Waals surface area contributed by atoms with Crippen molar-refractivity contribution in [2.45, 2.75) is 35.6 Å². The first-order valence-electron chi connectivity index (χ1n) is 7.40. The van der Waals surface area contributed by atoms with E-state index < -0.39 is 37.0 Å². The predicted octanol–water partition coefficient (Wildman–Crippen LogP) is 0.565. The van der Waals surface area contributed by atoms with Gasteiger partial charge >= 0.3 is 5.97 Å². The molecule has 24 heavy (non-hydrogen) atoms. The van der Waals surface area contributed by atoms with Gasteiger partial charge < -0.3 is 5.11 Å². The van der Waals surface area contributed by atoms with Crippen LogP contribution in [0.4, 0.5) is 0 Å². The van der Waals surface area contributed by atoms with Crippen molar-refractivity contribution in [2.75, 3.05) is 20.1 Å². The van der Waals surface area contributed by atoms with E-state index in [2.05, 4.69) is 0 Å². The maximum absolute atomic E-state index is 12.8. The molecule has 1 saturated heterocycles. The molecule has 1 fully saturated rings. The Morgan fingerprint density at radius 1 is 1.12 bits per heavy atom. The Morgan fingerprint density at radius 3 is 2.12 bits per heavy atom. The van der Waals surface area contributed by atoms with Gasteiger partial charge in [0.25, 0.3) is 0 Å². The SMILES string of the molecule is CC(C(=O)O)N(C)S(=O)(=O)c1ccccc1S(=O)(=O)N1CCCC1. The van der Waals surface area contributed by atoms with Crippen molar-refractivity contribution < 1.29 is 26.7 Å². The molecule has 1 aliphatic heterocycles. The van der Waals surface area contributed by atoms with Crippen LogP contribution in [0.3, 0.4) is 0 Å². The molecule has 0 bridgehead atoms. The third-order valence-corrected chi connectivity index (χ3v) is 8.16. The lowest BCUT2D eigenvalue weighted by Crippen LogP contribution is -2.41. The number of nitrogens with zero attached hydrogens (tertiary/aromatic N) is 2. The fraction of sp³-hybridized carbons (Fsp3) is 0.500. The molecule has 1 aromatic carbocycles. The van der Waals surface area contributed by atoms with Crippen molar-refractivity contribution in [3.63, 3.8) is 0 Å². The normalized spacial score (nSPS) is 18.0. The van der Waals surface area contributed by atoms with E-state index in [1.165, 1.54) is 35.5 Å². The largest absolute Gasteiger partial charge is 0.480 e. The maximum Gasteiger partial charge on any atom is 0.321 e. The summed E-state index contributed by atoms with van der Waals surface area (Å²) >= 11 is 0. The molecule has 1 atom stereocenters. The lowest BCUT2D eigenvalue weighted by atomic mass is 10.4. The highest BCUT2D eigenvalue weighted by molar-refractivity contribution is 7.92. The summed E-state index contributed by atoms with van der Waals surface area (Å²) < 4.78 is 52.9. The standard InChI is InChI=1S/C14H20N2O6S2/c1-11(14(17)18)15(2)23(19,20)12-7-3-4-8-13(12)24(21,22)16-9-5-6-10-16/h3-4,7-8,11H,5-6,9-10H2,1-2H3,(H,17,18). The molecule has 8 nitrogen and oxygen atoms in total. The van der Waals surface area contributed by atoms with E-state index in [0.717, 1.165) is 19.9 Å². The summed E-state index contributed by atoms with van der Waals surface area (Å²) in [6, 6.07) is 3.96. The number of hydrogen-bond donors (Lipinski definition) is 1. The summed E-state index contributed by atoms with van der Waals surface area (Å²) in [6.45, 7) is 1.91. The predicted molar refractivity (Wildman–Crippen MR) is 86.5 cm³/mol. The van der Waals surface area contributed by atoms with Crippen LogP contribution in [0.1, 0.15) is 19.8 Å². The first kappa shape index (κ1) is 18.8. The first-order chi connectivity index (χ1) is 11.1. The van der Waals surface area contributed by atoms with Crippen LogP contribution in [0, 0.1) is 0 Å². The highest BCUT2D eigenvalue weighted by atomic mass is 32.2. The fourth-order valence-electron chi connectivity index (χ4n) is 2.46. The van der Waals surface area contributed by atoms with E-state index in [0.29, 0.717) is 17.4 Å². The van der Waals surface area contributed by atoms with E-state index in [1.807, 2.05) is 0 Å². The molecule has 1 unspecified atom stereocenters. The van der Waals surface area contributed by atoms with Gasteiger partial charge in [0, 0.05) is 20.1 Å². The molecule has 0 aliphatic carbocycles. The monoisotopic (exact) mass is 376 g/mol. The van der Waals surface area contributed by atoms with Gasteiger partial charge in [-0.3, -0.25) is 4.79 Å². The van der Waals surface area contributed by atoms with E-state index in [-0.39, 0.29) is 4.90 Å². The molecule has 1 aromatic rings. The highest BCUT2D eigenvalue weighted by Crippen LogP contribution is 2.28. The van der Waals surface area contributed by atoms with Gasteiger partial charge in [0.15, 0.2) is 0 Å². The van der Waals surface area contributed by atoms with Crippen LogP contribution in [0.15, 0.2) is 34.1 Å². The van der Waals surface area contributed by atoms with Crippen molar-refractivity contribution >= 4 is 26.0 Å². The molecule has 1 heterocycles. The average Bonchev–Trinajstić information content (AvgIpc) is 3.08. The van der Waals surface area contributed by atoms with E-state index in [4.69, 9.17) is 5.11 Å². The minimum atomic E-state index is -4.28. The van der Waals surface area contributed by atoms with Crippen LogP contribution in [0.2, 0.25) is 0 Å². The number of carboxylic acid groups (broad SMARTS) is 1. The Kier molecular flexibility index (Phi) is 5.33. The van der Waals surface area contributed by atoms with Crippen molar-refractivity contribution in [3.8, 4) is 0 Å². The molecule has 10 heteroatoms. The molecular formula is C14H20N2O6S2. The topological polar surface area (TPSA) is 112 Å². The molecule has 0 spiro atoms. The lowest BCUT2D eigenvalue weighted by Gasteiger charge is -2.23. The zero-order valence-electron chi connectivity index (χ0n) is 13.4. The second-order valence-electron chi connectivity index (χ2n) is 5.59. The Morgan fingerprint density at radius 2 is 1.62 bits per heavy atom. The molecule has 0 radical (unpaired) electrons. The van der Waals surface area contributed by atoms with E-state index in [9.17, 15) is 21.6 Å². The molecule has 0 saturated carbocycles. The minimum Gasteiger partial charge on any atom is -0.480 e. The van der Waals surface area contributed by atoms with Gasteiger partial charge in [-0.2, -0.15) is 8.61 Å². The van der Waals surface area contributed by atoms with E-state index >= 15 is 0 Å². The van der Waals surface area contributed by atoms with Crippen molar-refractivity contribution in [3.05, 3.63) is 24.3 Å². The number of carboxylic acids is 1. The number of carbonyl (C=O) groups is 1. The minimum absolute atomic E-state index is 0.323. The van der Waals surface area contributed by atoms with Crippen LogP contribution in [-0.4, -0.2) is 62.7 Å². The van der Waals surface area contributed by atoms with Gasteiger partial charge in [0.1, 0.15) is 15.8 Å². The van der Waals surface area contributed by atoms with Gasteiger partial charge in [-0.1, -0.05) is 12.1 Å². The van der Waals surface area contributed by atoms with Crippen molar-refractivity contribution in [2.24, 2.45) is 0 Å². The zero-order chi connectivity index (χ0) is 18.1. The summed E-state index contributed by atoms with van der Waals surface area (Å²) in [4.78, 5) is 10.3. The highest BCUT2D eigenvalue weighted by Gasteiger charge is 2.36. The molecule has 0 amide bonds. The maximum atomic E-state index is 12.8. The number of likely N-dealkylation sites (N-methyl/N-ethyl adjacent to an activating group) is 1. The van der Waals surface area contributed by atoms with Gasteiger partial charge in [0.2, 0.25) is 20.0 Å². The van der Waals surface area contributed by atoms with Crippen LogP contribution >= 0.6 is 0 Å². The average molecular weight is 376 g/mol. The molecule has 1 aliphatic rings. The van der Waals surface area contributed by atoms with Gasteiger partial charge in [-0.25, -0.2) is 16.8 Å². The fourth-order valence-corrected chi connectivity index (χ4v) is 6.07. The summed E-state index contributed by atoms with van der Waals surface area (Å²) in [7, 11) is -7.11. The third-order valence-electron chi connectivity index (χ3n) is 4.09. The third kappa shape index (κ3) is 3.32. The van der Waals surface area contributed by atoms with E-state index in [1.54, 1.807) is 0 Å². The molecule has 1 N–H and O–H groups in total. The smallest absolute Gasteiger partial charge is 0.321 e. The Bertz CT molecular complexity index is 829. The van der Waals surface area contributed by atoms with Gasteiger partial charge in [-0.15, -0.1) is 0 Å². The van der Waals surface area contributed by atoms with Crippen LogP contribution < -0.4 is 0 Å². The molecule has 134 valence electrons. The second-order valence-corrected chi connectivity index (χ2v) is 9.47. The number of benzene rings is 1. The summed E-state index contributed by atoms with van der Waals surface area (Å²) in [6.07, 6.45) is 1.45.